The number of rotatable bonds is 7. The highest BCUT2D eigenvalue weighted by Crippen LogP contribution is 2.43. The van der Waals surface area contributed by atoms with E-state index in [0.717, 1.165) is 6.07 Å². The second kappa shape index (κ2) is 10.9. The molecule has 0 saturated heterocycles. The van der Waals surface area contributed by atoms with Crippen LogP contribution in [0.1, 0.15) is 26.3 Å². The Hall–Kier alpha value is -5.73. The molecule has 0 aromatic heterocycles. The number of nitrogens with zero attached hydrogens (tertiary/aromatic N) is 4. The molecule has 43 heavy (non-hydrogen) atoms. The largest absolute Gasteiger partial charge is 0.505 e. The van der Waals surface area contributed by atoms with Crippen LogP contribution in [0.25, 0.3) is 21.5 Å². The lowest BCUT2D eigenvalue weighted by atomic mass is 10.0. The molecule has 5 aromatic rings. The summed E-state index contributed by atoms with van der Waals surface area (Å²) in [6.07, 6.45) is 0. The van der Waals surface area contributed by atoms with E-state index < -0.39 is 38.4 Å². The molecule has 0 heterocycles. The van der Waals surface area contributed by atoms with Crippen molar-refractivity contribution in [2.45, 2.75) is 11.8 Å². The second-order valence-electron chi connectivity index (χ2n) is 9.40. The van der Waals surface area contributed by atoms with Crippen molar-refractivity contribution in [3.8, 4) is 5.75 Å². The minimum atomic E-state index is -4.85. The Labute approximate surface area is 243 Å². The molecule has 14 heteroatoms. The molecule has 216 valence electrons. The van der Waals surface area contributed by atoms with Gasteiger partial charge in [-0.05, 0) is 72.5 Å². The Morgan fingerprint density at radius 3 is 1.98 bits per heavy atom. The number of benzene rings is 5. The molecule has 0 amide bonds. The lowest BCUT2D eigenvalue weighted by Crippen LogP contribution is -1.99. The minimum absolute atomic E-state index is 0.0113. The molecule has 5 rings (SSSR count). The number of carboxylic acid groups (broad SMARTS) is 2. The number of hydrogen-bond donors (Lipinski definition) is 5. The molecule has 0 aliphatic heterocycles. The van der Waals surface area contributed by atoms with Crippen molar-refractivity contribution < 1.29 is 37.9 Å². The third kappa shape index (κ3) is 5.72. The fourth-order valence-corrected chi connectivity index (χ4v) is 5.00. The quantitative estimate of drug-likeness (QED) is 0.0731. The van der Waals surface area contributed by atoms with E-state index in [1.165, 1.54) is 60.7 Å². The van der Waals surface area contributed by atoms with Crippen molar-refractivity contribution in [3.63, 3.8) is 0 Å². The van der Waals surface area contributed by atoms with Crippen LogP contribution in [0, 0.1) is 6.92 Å². The van der Waals surface area contributed by atoms with Crippen LogP contribution in [0.2, 0.25) is 0 Å². The number of carboxylic acids is 2. The predicted molar refractivity (Wildman–Crippen MR) is 157 cm³/mol. The fourth-order valence-electron chi connectivity index (χ4n) is 4.34. The second-order valence-corrected chi connectivity index (χ2v) is 10.8. The van der Waals surface area contributed by atoms with E-state index in [0.29, 0.717) is 16.6 Å². The Kier molecular flexibility index (Phi) is 7.31. The number of fused-ring (bicyclic) bond motifs is 2. The molecule has 6 N–H and O–H groups in total. The number of phenolic OH excluding ortho intramolecular Hbond substituents is 1. The zero-order chi connectivity index (χ0) is 31.1. The monoisotopic (exact) mass is 599 g/mol. The first-order valence-corrected chi connectivity index (χ1v) is 13.8. The lowest BCUT2D eigenvalue weighted by Gasteiger charge is -2.10. The van der Waals surface area contributed by atoms with E-state index in [2.05, 4.69) is 20.5 Å². The van der Waals surface area contributed by atoms with Gasteiger partial charge in [0.05, 0.1) is 28.2 Å². The number of azo groups is 2. The first kappa shape index (κ1) is 28.8. The normalized spacial score (nSPS) is 12.0. The molecule has 13 nitrogen and oxygen atoms in total. The van der Waals surface area contributed by atoms with E-state index >= 15 is 0 Å². The molecule has 0 fully saturated rings. The minimum Gasteiger partial charge on any atom is -0.505 e. The maximum atomic E-state index is 12.2. The summed E-state index contributed by atoms with van der Waals surface area (Å²) in [5.74, 6) is -2.93. The fraction of sp³-hybridized carbons (Fsp3) is 0.0345. The van der Waals surface area contributed by atoms with Crippen LogP contribution >= 0.6 is 0 Å². The third-order valence-electron chi connectivity index (χ3n) is 6.55. The van der Waals surface area contributed by atoms with Crippen LogP contribution in [-0.2, 0) is 10.1 Å². The van der Waals surface area contributed by atoms with Crippen LogP contribution in [-0.4, -0.2) is 40.2 Å². The molecule has 0 bridgehead atoms. The van der Waals surface area contributed by atoms with Crippen molar-refractivity contribution in [2.75, 3.05) is 5.73 Å². The molecule has 0 unspecified atom stereocenters. The summed E-state index contributed by atoms with van der Waals surface area (Å²) >= 11 is 0. The molecule has 0 radical (unpaired) electrons. The molecular formula is C29H21N5O8S. The van der Waals surface area contributed by atoms with Gasteiger partial charge in [-0.3, -0.25) is 4.55 Å². The van der Waals surface area contributed by atoms with Crippen LogP contribution in [0.15, 0.2) is 98.1 Å². The van der Waals surface area contributed by atoms with E-state index in [1.807, 2.05) is 0 Å². The van der Waals surface area contributed by atoms with Gasteiger partial charge >= 0.3 is 11.9 Å². The summed E-state index contributed by atoms with van der Waals surface area (Å²) < 4.78 is 34.2. The SMILES string of the molecule is Cc1ccc(C(=O)O)cc1/N=N/c1ccc(/N=N/c2c(S(=O)(=O)O)cc3ccc(N)cc3c2O)c2ccc(C(=O)O)cc12. The summed E-state index contributed by atoms with van der Waals surface area (Å²) in [5.41, 5.74) is 6.82. The number of nitrogens with two attached hydrogens (primary N) is 1. The maximum Gasteiger partial charge on any atom is 0.335 e. The molecule has 0 atom stereocenters. The lowest BCUT2D eigenvalue weighted by molar-refractivity contribution is 0.0686. The number of hydrogen-bond acceptors (Lipinski definition) is 10. The standard InChI is InChI=1S/C29H21N5O8S/c1-14-2-3-17(29(38)39)11-24(14)33-31-23-9-8-22(19-7-5-16(28(36)37)10-21(19)23)32-34-26-25(43(40,41)42)12-15-4-6-18(30)13-20(15)27(26)35/h2-13,35H,30H2,1H3,(H,36,37)(H,38,39)(H,40,41,42)/b33-31+,34-32+. The first-order chi connectivity index (χ1) is 20.3. The number of carbonyl (C=O) groups is 2. The molecule has 5 aromatic carbocycles. The summed E-state index contributed by atoms with van der Waals surface area (Å²) in [5, 5.41) is 47.3. The van der Waals surface area contributed by atoms with Gasteiger partial charge in [0.2, 0.25) is 0 Å². The molecule has 0 saturated carbocycles. The van der Waals surface area contributed by atoms with Crippen molar-refractivity contribution in [2.24, 2.45) is 20.5 Å². The van der Waals surface area contributed by atoms with E-state index in [9.17, 15) is 37.9 Å². The van der Waals surface area contributed by atoms with Gasteiger partial charge in [0, 0.05) is 21.8 Å². The summed E-state index contributed by atoms with van der Waals surface area (Å²) in [7, 11) is -4.85. The molecule has 0 spiro atoms. The van der Waals surface area contributed by atoms with Crippen molar-refractivity contribution in [3.05, 3.63) is 89.5 Å². The Balaban J connectivity index is 1.66. The molecular weight excluding hydrogens is 578 g/mol. The number of anilines is 1. The Morgan fingerprint density at radius 2 is 1.30 bits per heavy atom. The van der Waals surface area contributed by atoms with Gasteiger partial charge < -0.3 is 21.1 Å². The van der Waals surface area contributed by atoms with Gasteiger partial charge in [0.1, 0.15) is 10.6 Å². The first-order valence-electron chi connectivity index (χ1n) is 12.3. The van der Waals surface area contributed by atoms with Crippen molar-refractivity contribution in [1.82, 2.24) is 0 Å². The van der Waals surface area contributed by atoms with Gasteiger partial charge in [-0.15, -0.1) is 15.3 Å². The Bertz CT molecular complexity index is 2160. The van der Waals surface area contributed by atoms with E-state index in [1.54, 1.807) is 13.0 Å². The average molecular weight is 600 g/mol. The van der Waals surface area contributed by atoms with Gasteiger partial charge in [-0.1, -0.05) is 18.2 Å². The Morgan fingerprint density at radius 1 is 0.698 bits per heavy atom. The van der Waals surface area contributed by atoms with E-state index in [4.69, 9.17) is 5.73 Å². The highest BCUT2D eigenvalue weighted by Gasteiger charge is 2.22. The van der Waals surface area contributed by atoms with Gasteiger partial charge in [0.25, 0.3) is 10.1 Å². The van der Waals surface area contributed by atoms with Gasteiger partial charge in [0.15, 0.2) is 5.75 Å². The summed E-state index contributed by atoms with van der Waals surface area (Å²) in [6.45, 7) is 1.72. The number of nitrogen functional groups attached to an aromatic ring is 1. The summed E-state index contributed by atoms with van der Waals surface area (Å²) in [4.78, 5) is 22.4. The van der Waals surface area contributed by atoms with Gasteiger partial charge in [-0.25, -0.2) is 9.59 Å². The molecule has 0 aliphatic rings. The van der Waals surface area contributed by atoms with Crippen LogP contribution in [0.5, 0.6) is 5.75 Å². The van der Waals surface area contributed by atoms with Crippen molar-refractivity contribution in [1.29, 1.82) is 0 Å². The number of aryl methyl sites for hydroxylation is 1. The number of aromatic hydroxyl groups is 1. The number of aromatic carboxylic acids is 2. The van der Waals surface area contributed by atoms with Gasteiger partial charge in [-0.2, -0.15) is 13.5 Å². The third-order valence-corrected chi connectivity index (χ3v) is 7.42. The van der Waals surface area contributed by atoms with Crippen LogP contribution in [0.4, 0.5) is 28.4 Å². The van der Waals surface area contributed by atoms with Crippen LogP contribution < -0.4 is 5.73 Å². The summed E-state index contributed by atoms with van der Waals surface area (Å²) in [6, 6.07) is 16.9. The smallest absolute Gasteiger partial charge is 0.335 e. The average Bonchev–Trinajstić information content (AvgIpc) is 2.95. The molecule has 0 aliphatic carbocycles. The topological polar surface area (TPSA) is 225 Å². The number of phenols is 1. The van der Waals surface area contributed by atoms with E-state index in [-0.39, 0.29) is 44.3 Å². The highest BCUT2D eigenvalue weighted by atomic mass is 32.2. The van der Waals surface area contributed by atoms with Crippen LogP contribution in [0.3, 0.4) is 0 Å². The zero-order valence-electron chi connectivity index (χ0n) is 22.1. The predicted octanol–water partition coefficient (Wildman–Crippen LogP) is 7.06. The van der Waals surface area contributed by atoms with Crippen molar-refractivity contribution >= 4 is 72.0 Å². The zero-order valence-corrected chi connectivity index (χ0v) is 22.9. The maximum absolute atomic E-state index is 12.2. The highest BCUT2D eigenvalue weighted by molar-refractivity contribution is 7.86.